The quantitative estimate of drug-likeness (QED) is 0.407. The van der Waals surface area contributed by atoms with Crippen molar-refractivity contribution >= 4 is 82.6 Å². The van der Waals surface area contributed by atoms with Crippen molar-refractivity contribution in [2.45, 2.75) is 0 Å². The molecule has 2 aromatic heterocycles. The van der Waals surface area contributed by atoms with Crippen molar-refractivity contribution in [1.29, 1.82) is 26.5 Å². The topological polar surface area (TPSA) is 170 Å². The first-order chi connectivity index (χ1) is 16.4. The summed E-state index contributed by atoms with van der Waals surface area (Å²) in [5, 5.41) is 45.0. The fourth-order valence-electron chi connectivity index (χ4n) is 2.95. The van der Waals surface area contributed by atoms with Gasteiger partial charge in [-0.3, -0.25) is 5.41 Å². The van der Waals surface area contributed by atoms with Crippen LogP contribution in [0.15, 0.2) is 55.6 Å². The average molecular weight is 515 g/mol. The number of hydrogen-bond acceptors (Lipinski definition) is 12. The summed E-state index contributed by atoms with van der Waals surface area (Å²) in [5.41, 5.74) is 7.60. The summed E-state index contributed by atoms with van der Waals surface area (Å²) in [7, 11) is 0. The first-order valence-electron chi connectivity index (χ1n) is 9.06. The van der Waals surface area contributed by atoms with Crippen molar-refractivity contribution in [2.75, 3.05) is 0 Å². The molecule has 0 amide bonds. The number of nitrogens with one attached hydrogen (secondary N) is 1. The molecule has 8 nitrogen and oxygen atoms in total. The summed E-state index contributed by atoms with van der Waals surface area (Å²) >= 11 is 11.4. The van der Waals surface area contributed by atoms with Crippen molar-refractivity contribution in [1.82, 2.24) is 0 Å². The van der Waals surface area contributed by atoms with E-state index >= 15 is 0 Å². The fourth-order valence-corrected chi connectivity index (χ4v) is 5.15. The zero-order valence-corrected chi connectivity index (χ0v) is 20.2. The smallest absolute Gasteiger partial charge is 0.146 e. The van der Waals surface area contributed by atoms with Crippen LogP contribution in [0.5, 0.6) is 0 Å². The highest BCUT2D eigenvalue weighted by Crippen LogP contribution is 2.27. The minimum atomic E-state index is -0.0168. The molecule has 34 heavy (non-hydrogen) atoms. The third-order valence-electron chi connectivity index (χ3n) is 4.52. The molecule has 0 bridgehead atoms. The molecule has 0 saturated carbocycles. The van der Waals surface area contributed by atoms with Crippen molar-refractivity contribution in [3.63, 3.8) is 0 Å². The van der Waals surface area contributed by atoms with E-state index in [4.69, 9.17) is 44.6 Å². The first kappa shape index (κ1) is 24.5. The van der Waals surface area contributed by atoms with E-state index in [-0.39, 0.29) is 34.0 Å². The molecule has 1 aliphatic rings. The molecule has 12 heteroatoms. The lowest BCUT2D eigenvalue weighted by atomic mass is 9.89. The molecule has 162 valence electrons. The van der Waals surface area contributed by atoms with Gasteiger partial charge in [-0.25, -0.2) is 4.40 Å². The van der Waals surface area contributed by atoms with Crippen LogP contribution in [-0.4, -0.2) is 11.4 Å². The second-order valence-corrected chi connectivity index (χ2v) is 9.01. The average Bonchev–Trinajstić information content (AvgIpc) is 3.49. The van der Waals surface area contributed by atoms with Crippen LogP contribution in [0.25, 0.3) is 23.3 Å². The van der Waals surface area contributed by atoms with Crippen LogP contribution in [0.2, 0.25) is 0 Å². The van der Waals surface area contributed by atoms with Gasteiger partial charge in [0.25, 0.3) is 0 Å². The molecular formula is C22H10N8S4. The number of rotatable bonds is 3. The lowest BCUT2D eigenvalue weighted by Gasteiger charge is -2.20. The summed E-state index contributed by atoms with van der Waals surface area (Å²) < 4.78 is 10.1. The molecule has 3 N–H and O–H groups in total. The maximum absolute atomic E-state index is 9.08. The van der Waals surface area contributed by atoms with Crippen LogP contribution < -0.4 is 23.9 Å². The van der Waals surface area contributed by atoms with Gasteiger partial charge in [0, 0.05) is 32.6 Å². The second kappa shape index (κ2) is 10.6. The van der Waals surface area contributed by atoms with Gasteiger partial charge in [0.15, 0.2) is 0 Å². The Bertz CT molecular complexity index is 1720. The Balaban J connectivity index is 2.29. The molecule has 1 aliphatic carbocycles. The van der Waals surface area contributed by atoms with E-state index in [0.717, 1.165) is 0 Å². The zero-order valence-electron chi connectivity index (χ0n) is 16.9. The lowest BCUT2D eigenvalue weighted by Crippen LogP contribution is -2.27. The van der Waals surface area contributed by atoms with Crippen LogP contribution in [0.3, 0.4) is 0 Å². The Morgan fingerprint density at radius 3 is 1.79 bits per heavy atom. The van der Waals surface area contributed by atoms with E-state index in [1.165, 1.54) is 22.7 Å². The molecule has 0 unspecified atom stereocenters. The zero-order chi connectivity index (χ0) is 24.8. The number of nitrogens with zero attached hydrogens (tertiary/aromatic N) is 6. The minimum Gasteiger partial charge on any atom is -0.396 e. The monoisotopic (exact) mass is 514 g/mol. The van der Waals surface area contributed by atoms with Gasteiger partial charge in [0.05, 0.1) is 20.5 Å². The number of nitriles is 4. The third-order valence-corrected chi connectivity index (χ3v) is 7.00. The molecule has 0 aliphatic heterocycles. The maximum atomic E-state index is 9.08. The predicted molar refractivity (Wildman–Crippen MR) is 138 cm³/mol. The van der Waals surface area contributed by atoms with E-state index in [1.54, 1.807) is 36.4 Å². The number of thiol groups is 1. The van der Waals surface area contributed by atoms with E-state index < -0.39 is 0 Å². The lowest BCUT2D eigenvalue weighted by molar-refractivity contribution is 1.23. The molecular weight excluding hydrogens is 505 g/mol. The summed E-state index contributed by atoms with van der Waals surface area (Å²) in [6, 6.07) is 14.1. The number of allylic oxidation sites excluding steroid dienone is 2. The highest BCUT2D eigenvalue weighted by molar-refractivity contribution is 7.79. The molecule has 2 aromatic rings. The minimum absolute atomic E-state index is 0.00683. The van der Waals surface area contributed by atoms with Crippen molar-refractivity contribution in [3.05, 3.63) is 64.9 Å². The van der Waals surface area contributed by atoms with E-state index in [0.29, 0.717) is 29.3 Å². The summed E-state index contributed by atoms with van der Waals surface area (Å²) in [6.45, 7) is 0. The number of nitrogens with two attached hydrogens (primary N) is 1. The Morgan fingerprint density at radius 2 is 1.38 bits per heavy atom. The Hall–Kier alpha value is -4.17. The fraction of sp³-hybridized carbons (Fsp3) is 0. The molecule has 2 heterocycles. The molecule has 0 aromatic carbocycles. The SMILES string of the molecule is N#CC(C#N)=c1cc/c(=C\C2=C(N=S)C(N)=C(/C=c3\ccc(=C(C#N)C#N)s3)/C(=N/S)C2=N)s1. The Labute approximate surface area is 212 Å². The highest BCUT2D eigenvalue weighted by atomic mass is 32.1. The molecule has 3 rings (SSSR count). The van der Waals surface area contributed by atoms with E-state index in [2.05, 4.69) is 21.6 Å². The van der Waals surface area contributed by atoms with Gasteiger partial charge in [0.1, 0.15) is 46.8 Å². The van der Waals surface area contributed by atoms with Gasteiger partial charge in [-0.1, -0.05) is 0 Å². The van der Waals surface area contributed by atoms with Gasteiger partial charge in [-0.15, -0.1) is 22.7 Å². The standard InChI is InChI=1S/C22H10N8S4/c23-7-11(8-24)17-3-1-13(33-17)5-15-19(27)22(30-32)16(20(28)21(15)29-31)6-14-2-4-18(34-14)12(9-25)10-26/h1-6,27,32H,28H2/b13-5+,14-6+,27-19?,30-22-. The summed E-state index contributed by atoms with van der Waals surface area (Å²) in [5.74, 6) is 0. The predicted octanol–water partition coefficient (Wildman–Crippen LogP) is 0.983. The van der Waals surface area contributed by atoms with Gasteiger partial charge < -0.3 is 5.73 Å². The van der Waals surface area contributed by atoms with Crippen LogP contribution in [0.4, 0.5) is 0 Å². The van der Waals surface area contributed by atoms with Gasteiger partial charge in [0.2, 0.25) is 0 Å². The third kappa shape index (κ3) is 4.62. The van der Waals surface area contributed by atoms with Crippen LogP contribution in [0, 0.1) is 50.7 Å². The van der Waals surface area contributed by atoms with Crippen LogP contribution in [-0.2, 0) is 12.4 Å². The molecule has 0 atom stereocenters. The first-order valence-corrected chi connectivity index (χ1v) is 11.5. The van der Waals surface area contributed by atoms with Gasteiger partial charge in [-0.2, -0.15) is 25.4 Å². The molecule has 0 radical (unpaired) electrons. The van der Waals surface area contributed by atoms with E-state index in [9.17, 15) is 0 Å². The molecule has 0 spiro atoms. The Morgan fingerprint density at radius 1 is 0.912 bits per heavy atom. The van der Waals surface area contributed by atoms with Crippen LogP contribution >= 0.6 is 35.5 Å². The van der Waals surface area contributed by atoms with E-state index in [1.807, 2.05) is 24.3 Å². The van der Waals surface area contributed by atoms with Crippen molar-refractivity contribution in [2.24, 2.45) is 14.5 Å². The summed E-state index contributed by atoms with van der Waals surface area (Å²) in [4.78, 5) is 0. The molecule has 0 saturated heterocycles. The Kier molecular flexibility index (Phi) is 7.65. The normalized spacial score (nSPS) is 15.6. The largest absolute Gasteiger partial charge is 0.396 e. The van der Waals surface area contributed by atoms with Crippen LogP contribution in [0.1, 0.15) is 0 Å². The summed E-state index contributed by atoms with van der Waals surface area (Å²) in [6.07, 6.45) is 3.31. The number of hydrogen-bond donors (Lipinski definition) is 3. The van der Waals surface area contributed by atoms with Gasteiger partial charge >= 0.3 is 0 Å². The molecule has 0 fully saturated rings. The van der Waals surface area contributed by atoms with Gasteiger partial charge in [-0.05, 0) is 49.2 Å². The van der Waals surface area contributed by atoms with Crippen molar-refractivity contribution in [3.8, 4) is 24.3 Å². The highest BCUT2D eigenvalue weighted by Gasteiger charge is 2.27. The van der Waals surface area contributed by atoms with Crippen molar-refractivity contribution < 1.29 is 0 Å². The number of thiophene rings is 2. The maximum Gasteiger partial charge on any atom is 0.146 e. The second-order valence-electron chi connectivity index (χ2n) is 6.39.